The van der Waals surface area contributed by atoms with E-state index in [0.717, 1.165) is 18.4 Å². The molecule has 3 rings (SSSR count). The van der Waals surface area contributed by atoms with Gasteiger partial charge in [0.2, 0.25) is 0 Å². The molecule has 1 aromatic rings. The Morgan fingerprint density at radius 1 is 1.44 bits per heavy atom. The van der Waals surface area contributed by atoms with Gasteiger partial charge >= 0.3 is 5.97 Å². The summed E-state index contributed by atoms with van der Waals surface area (Å²) in [5, 5.41) is 11.7. The Morgan fingerprint density at radius 3 is 2.89 bits per heavy atom. The van der Waals surface area contributed by atoms with Gasteiger partial charge in [-0.05, 0) is 30.5 Å². The van der Waals surface area contributed by atoms with Crippen LogP contribution in [-0.4, -0.2) is 23.6 Å². The molecule has 0 atom stereocenters. The molecule has 1 heterocycles. The summed E-state index contributed by atoms with van der Waals surface area (Å²) in [6.07, 6.45) is 1.90. The molecule has 0 spiro atoms. The predicted octanol–water partition coefficient (Wildman–Crippen LogP) is 1.52. The summed E-state index contributed by atoms with van der Waals surface area (Å²) in [7, 11) is 0. The predicted molar refractivity (Wildman–Crippen MR) is 63.7 cm³/mol. The van der Waals surface area contributed by atoms with Gasteiger partial charge in [-0.2, -0.15) is 0 Å². The molecule has 5 nitrogen and oxygen atoms in total. The van der Waals surface area contributed by atoms with Gasteiger partial charge in [0, 0.05) is 5.41 Å². The van der Waals surface area contributed by atoms with Crippen LogP contribution < -0.4 is 10.1 Å². The molecule has 94 valence electrons. The summed E-state index contributed by atoms with van der Waals surface area (Å²) in [5.74, 6) is -0.322. The fourth-order valence-electron chi connectivity index (χ4n) is 2.42. The van der Waals surface area contributed by atoms with E-state index in [9.17, 15) is 9.59 Å². The molecule has 0 bridgehead atoms. The third kappa shape index (κ3) is 1.81. The number of hydrogen-bond donors (Lipinski definition) is 2. The second-order valence-electron chi connectivity index (χ2n) is 4.90. The SMILES string of the molecule is O=C(O)CC1(c2ccc3c(c2)NC(=O)CO3)CC1. The summed E-state index contributed by atoms with van der Waals surface area (Å²) in [6, 6.07) is 5.53. The van der Waals surface area contributed by atoms with Crippen molar-refractivity contribution < 1.29 is 19.4 Å². The Kier molecular flexibility index (Phi) is 2.29. The summed E-state index contributed by atoms with van der Waals surface area (Å²) < 4.78 is 5.28. The van der Waals surface area contributed by atoms with Crippen molar-refractivity contribution in [3.8, 4) is 5.75 Å². The molecule has 1 aliphatic heterocycles. The van der Waals surface area contributed by atoms with Crippen molar-refractivity contribution in [2.45, 2.75) is 24.7 Å². The standard InChI is InChI=1S/C13H13NO4/c15-11-7-18-10-2-1-8(5-9(10)14-11)13(3-4-13)6-12(16)17/h1-2,5H,3-4,6-7H2,(H,14,15)(H,16,17). The first kappa shape index (κ1) is 11.1. The normalized spacial score (nSPS) is 19.4. The Labute approximate surface area is 104 Å². The molecule has 2 N–H and O–H groups in total. The van der Waals surface area contributed by atoms with Crippen LogP contribution in [0.1, 0.15) is 24.8 Å². The van der Waals surface area contributed by atoms with Gasteiger partial charge in [0.05, 0.1) is 12.1 Å². The zero-order valence-electron chi connectivity index (χ0n) is 9.73. The minimum atomic E-state index is -0.787. The second kappa shape index (κ2) is 3.73. The number of ether oxygens (including phenoxy) is 1. The van der Waals surface area contributed by atoms with Gasteiger partial charge in [-0.25, -0.2) is 0 Å². The van der Waals surface area contributed by atoms with Crippen molar-refractivity contribution in [2.75, 3.05) is 11.9 Å². The van der Waals surface area contributed by atoms with Crippen molar-refractivity contribution >= 4 is 17.6 Å². The van der Waals surface area contributed by atoms with E-state index in [1.807, 2.05) is 12.1 Å². The van der Waals surface area contributed by atoms with Crippen molar-refractivity contribution in [1.29, 1.82) is 0 Å². The van der Waals surface area contributed by atoms with Gasteiger partial charge in [0.15, 0.2) is 6.61 Å². The number of aliphatic carboxylic acids is 1. The first-order valence-electron chi connectivity index (χ1n) is 5.88. The van der Waals surface area contributed by atoms with Crippen LogP contribution in [0.5, 0.6) is 5.75 Å². The van der Waals surface area contributed by atoms with Gasteiger partial charge in [0.25, 0.3) is 5.91 Å². The van der Waals surface area contributed by atoms with E-state index in [0.29, 0.717) is 11.4 Å². The zero-order valence-corrected chi connectivity index (χ0v) is 9.73. The average molecular weight is 247 g/mol. The second-order valence-corrected chi connectivity index (χ2v) is 4.90. The maximum absolute atomic E-state index is 11.2. The monoisotopic (exact) mass is 247 g/mol. The lowest BCUT2D eigenvalue weighted by Crippen LogP contribution is -2.25. The lowest BCUT2D eigenvalue weighted by Gasteiger charge is -2.21. The summed E-state index contributed by atoms with van der Waals surface area (Å²) in [6.45, 7) is 0.0343. The summed E-state index contributed by atoms with van der Waals surface area (Å²) >= 11 is 0. The van der Waals surface area contributed by atoms with E-state index in [1.54, 1.807) is 6.07 Å². The fourth-order valence-corrected chi connectivity index (χ4v) is 2.42. The highest BCUT2D eigenvalue weighted by atomic mass is 16.5. The number of anilines is 1. The Morgan fingerprint density at radius 2 is 2.22 bits per heavy atom. The number of carboxylic acid groups (broad SMARTS) is 1. The molecule has 0 radical (unpaired) electrons. The quantitative estimate of drug-likeness (QED) is 0.849. The maximum Gasteiger partial charge on any atom is 0.304 e. The molecule has 1 amide bonds. The minimum absolute atomic E-state index is 0.0343. The molecule has 2 aliphatic rings. The van der Waals surface area contributed by atoms with Gasteiger partial charge in [-0.1, -0.05) is 6.07 Å². The Balaban J connectivity index is 1.92. The fraction of sp³-hybridized carbons (Fsp3) is 0.385. The molecule has 0 unspecified atom stereocenters. The van der Waals surface area contributed by atoms with Crippen molar-refractivity contribution in [2.24, 2.45) is 0 Å². The topological polar surface area (TPSA) is 75.6 Å². The molecular weight excluding hydrogens is 234 g/mol. The number of rotatable bonds is 3. The number of hydrogen-bond acceptors (Lipinski definition) is 3. The van der Waals surface area contributed by atoms with Crippen LogP contribution in [0.15, 0.2) is 18.2 Å². The largest absolute Gasteiger partial charge is 0.482 e. The van der Waals surface area contributed by atoms with Gasteiger partial charge in [0.1, 0.15) is 5.75 Å². The van der Waals surface area contributed by atoms with Crippen molar-refractivity contribution in [3.63, 3.8) is 0 Å². The molecule has 1 fully saturated rings. The van der Waals surface area contributed by atoms with Gasteiger partial charge in [-0.15, -0.1) is 0 Å². The number of benzene rings is 1. The van der Waals surface area contributed by atoms with E-state index in [-0.39, 0.29) is 24.3 Å². The molecule has 1 aromatic carbocycles. The molecule has 0 aromatic heterocycles. The maximum atomic E-state index is 11.2. The number of nitrogens with one attached hydrogen (secondary N) is 1. The van der Waals surface area contributed by atoms with E-state index in [1.165, 1.54) is 0 Å². The lowest BCUT2D eigenvalue weighted by atomic mass is 9.92. The smallest absolute Gasteiger partial charge is 0.304 e. The van der Waals surface area contributed by atoms with Crippen LogP contribution in [0.25, 0.3) is 0 Å². The number of amides is 1. The number of carboxylic acids is 1. The molecule has 5 heteroatoms. The molecular formula is C13H13NO4. The number of carbonyl (C=O) groups excluding carboxylic acids is 1. The zero-order chi connectivity index (χ0) is 12.8. The summed E-state index contributed by atoms with van der Waals surface area (Å²) in [5.41, 5.74) is 1.36. The minimum Gasteiger partial charge on any atom is -0.482 e. The Bertz CT molecular complexity index is 534. The lowest BCUT2D eigenvalue weighted by molar-refractivity contribution is -0.137. The highest BCUT2D eigenvalue weighted by Crippen LogP contribution is 2.52. The van der Waals surface area contributed by atoms with E-state index >= 15 is 0 Å². The molecule has 1 aliphatic carbocycles. The third-order valence-electron chi connectivity index (χ3n) is 3.57. The highest BCUT2D eigenvalue weighted by Gasteiger charge is 2.46. The van der Waals surface area contributed by atoms with Crippen LogP contribution >= 0.6 is 0 Å². The third-order valence-corrected chi connectivity index (χ3v) is 3.57. The molecule has 1 saturated carbocycles. The van der Waals surface area contributed by atoms with Gasteiger partial charge in [-0.3, -0.25) is 9.59 Å². The first-order valence-corrected chi connectivity index (χ1v) is 5.88. The van der Waals surface area contributed by atoms with Crippen LogP contribution in [0.3, 0.4) is 0 Å². The number of carbonyl (C=O) groups is 2. The van der Waals surface area contributed by atoms with E-state index in [2.05, 4.69) is 5.32 Å². The summed E-state index contributed by atoms with van der Waals surface area (Å²) in [4.78, 5) is 22.1. The molecule has 0 saturated heterocycles. The van der Waals surface area contributed by atoms with E-state index in [4.69, 9.17) is 9.84 Å². The van der Waals surface area contributed by atoms with Crippen LogP contribution in [-0.2, 0) is 15.0 Å². The Hall–Kier alpha value is -2.04. The van der Waals surface area contributed by atoms with E-state index < -0.39 is 5.97 Å². The van der Waals surface area contributed by atoms with Gasteiger partial charge < -0.3 is 15.2 Å². The van der Waals surface area contributed by atoms with Crippen LogP contribution in [0.4, 0.5) is 5.69 Å². The number of fused-ring (bicyclic) bond motifs is 1. The van der Waals surface area contributed by atoms with Crippen LogP contribution in [0.2, 0.25) is 0 Å². The first-order chi connectivity index (χ1) is 8.59. The average Bonchev–Trinajstić information content (AvgIpc) is 3.08. The highest BCUT2D eigenvalue weighted by molar-refractivity contribution is 5.95. The van der Waals surface area contributed by atoms with Crippen LogP contribution in [0, 0.1) is 0 Å². The van der Waals surface area contributed by atoms with Crippen molar-refractivity contribution in [1.82, 2.24) is 0 Å². The molecule has 18 heavy (non-hydrogen) atoms. The van der Waals surface area contributed by atoms with Crippen molar-refractivity contribution in [3.05, 3.63) is 23.8 Å².